The summed E-state index contributed by atoms with van der Waals surface area (Å²) < 4.78 is 0. The smallest absolute Gasteiger partial charge is 0.145 e. The number of fused-ring (bicyclic) bond motifs is 1. The molecule has 1 atom stereocenters. The summed E-state index contributed by atoms with van der Waals surface area (Å²) in [6, 6.07) is 4.12. The van der Waals surface area contributed by atoms with Gasteiger partial charge in [-0.15, -0.1) is 11.3 Å². The normalized spacial score (nSPS) is 13.0. The van der Waals surface area contributed by atoms with Crippen LogP contribution in [0.2, 0.25) is 0 Å². The molecule has 2 aromatic rings. The minimum atomic E-state index is 0.147. The predicted octanol–water partition coefficient (Wildman–Crippen LogP) is 1.47. The largest absolute Gasteiger partial charge is 0.358 e. The third-order valence-corrected chi connectivity index (χ3v) is 2.87. The summed E-state index contributed by atoms with van der Waals surface area (Å²) in [5.41, 5.74) is 8.51. The van der Waals surface area contributed by atoms with Crippen LogP contribution in [0.15, 0.2) is 17.6 Å². The van der Waals surface area contributed by atoms with Crippen LogP contribution in [-0.4, -0.2) is 29.6 Å². The maximum Gasteiger partial charge on any atom is 0.145 e. The van der Waals surface area contributed by atoms with Crippen LogP contribution in [0.1, 0.15) is 6.92 Å². The van der Waals surface area contributed by atoms with Crippen LogP contribution in [-0.2, 0) is 0 Å². The highest BCUT2D eigenvalue weighted by molar-refractivity contribution is 7.16. The van der Waals surface area contributed by atoms with Crippen molar-refractivity contribution in [3.05, 3.63) is 17.6 Å². The van der Waals surface area contributed by atoms with Gasteiger partial charge >= 0.3 is 0 Å². The number of nitrogens with zero attached hydrogens (tertiary/aromatic N) is 3. The van der Waals surface area contributed by atoms with E-state index in [9.17, 15) is 0 Å². The highest BCUT2D eigenvalue weighted by atomic mass is 32.1. The molecule has 2 aromatic heterocycles. The van der Waals surface area contributed by atoms with Gasteiger partial charge in [0.1, 0.15) is 16.2 Å². The minimum Gasteiger partial charge on any atom is -0.358 e. The van der Waals surface area contributed by atoms with Crippen LogP contribution in [0.5, 0.6) is 0 Å². The minimum absolute atomic E-state index is 0.147. The average Bonchev–Trinajstić information content (AvgIpc) is 2.62. The second-order valence-corrected chi connectivity index (χ2v) is 4.54. The van der Waals surface area contributed by atoms with E-state index in [1.54, 1.807) is 11.3 Å². The van der Waals surface area contributed by atoms with Gasteiger partial charge in [-0.3, -0.25) is 0 Å². The van der Waals surface area contributed by atoms with Crippen LogP contribution in [0.25, 0.3) is 10.3 Å². The topological polar surface area (TPSA) is 55.0 Å². The van der Waals surface area contributed by atoms with Crippen LogP contribution >= 0.6 is 11.3 Å². The lowest BCUT2D eigenvalue weighted by atomic mass is 10.3. The number of aromatic nitrogens is 2. The Morgan fingerprint density at radius 3 is 3.07 bits per heavy atom. The van der Waals surface area contributed by atoms with E-state index in [0.717, 1.165) is 22.7 Å². The van der Waals surface area contributed by atoms with E-state index in [4.69, 9.17) is 5.73 Å². The maximum absolute atomic E-state index is 5.74. The first kappa shape index (κ1) is 10.3. The van der Waals surface area contributed by atoms with Crippen molar-refractivity contribution in [2.75, 3.05) is 18.5 Å². The number of hydrogen-bond donors (Lipinski definition) is 1. The zero-order valence-electron chi connectivity index (χ0n) is 8.84. The molecule has 4 nitrogen and oxygen atoms in total. The van der Waals surface area contributed by atoms with E-state index in [0.29, 0.717) is 0 Å². The molecule has 0 bridgehead atoms. The Morgan fingerprint density at radius 1 is 1.53 bits per heavy atom. The number of rotatable bonds is 3. The molecule has 15 heavy (non-hydrogen) atoms. The quantitative estimate of drug-likeness (QED) is 0.854. The second-order valence-electron chi connectivity index (χ2n) is 3.70. The van der Waals surface area contributed by atoms with E-state index in [1.807, 2.05) is 31.6 Å². The molecular formula is C10H14N4S. The summed E-state index contributed by atoms with van der Waals surface area (Å²) in [6.07, 6.45) is 0. The number of nitrogens with two attached hydrogens (primary N) is 1. The van der Waals surface area contributed by atoms with Gasteiger partial charge in [-0.1, -0.05) is 0 Å². The number of thiazole rings is 1. The van der Waals surface area contributed by atoms with Crippen LogP contribution in [0, 0.1) is 0 Å². The summed E-state index contributed by atoms with van der Waals surface area (Å²) in [6.45, 7) is 2.79. The Hall–Kier alpha value is -1.20. The summed E-state index contributed by atoms with van der Waals surface area (Å²) in [5.74, 6) is 0.948. The van der Waals surface area contributed by atoms with Crippen molar-refractivity contribution < 1.29 is 0 Å². The van der Waals surface area contributed by atoms with Crippen molar-refractivity contribution in [2.24, 2.45) is 5.73 Å². The molecule has 0 aliphatic carbocycles. The first-order valence-electron chi connectivity index (χ1n) is 4.84. The van der Waals surface area contributed by atoms with E-state index in [-0.39, 0.29) is 6.04 Å². The lowest BCUT2D eigenvalue weighted by molar-refractivity contribution is 0.713. The van der Waals surface area contributed by atoms with Gasteiger partial charge in [0.25, 0.3) is 0 Å². The summed E-state index contributed by atoms with van der Waals surface area (Å²) in [7, 11) is 2.00. The molecule has 2 heterocycles. The highest BCUT2D eigenvalue weighted by Gasteiger charge is 2.06. The first-order chi connectivity index (χ1) is 7.16. The van der Waals surface area contributed by atoms with Gasteiger partial charge in [-0.05, 0) is 19.1 Å². The fourth-order valence-corrected chi connectivity index (χ4v) is 2.13. The van der Waals surface area contributed by atoms with Crippen molar-refractivity contribution in [2.45, 2.75) is 13.0 Å². The molecule has 0 aliphatic rings. The van der Waals surface area contributed by atoms with Crippen LogP contribution in [0.4, 0.5) is 5.82 Å². The Kier molecular flexibility index (Phi) is 2.83. The fourth-order valence-electron chi connectivity index (χ4n) is 1.48. The zero-order valence-corrected chi connectivity index (χ0v) is 9.66. The van der Waals surface area contributed by atoms with Crippen molar-refractivity contribution in [1.29, 1.82) is 0 Å². The van der Waals surface area contributed by atoms with Crippen molar-refractivity contribution in [3.8, 4) is 0 Å². The highest BCUT2D eigenvalue weighted by Crippen LogP contribution is 2.19. The number of hydrogen-bond acceptors (Lipinski definition) is 5. The SMILES string of the molecule is CC(N)CN(C)c1ccc2ncsc2n1. The zero-order chi connectivity index (χ0) is 10.8. The number of likely N-dealkylation sites (N-methyl/N-ethyl adjacent to an activating group) is 1. The molecule has 80 valence electrons. The number of pyridine rings is 1. The molecule has 0 saturated carbocycles. The Morgan fingerprint density at radius 2 is 2.33 bits per heavy atom. The Labute approximate surface area is 92.8 Å². The molecule has 0 aliphatic heterocycles. The monoisotopic (exact) mass is 222 g/mol. The molecule has 0 fully saturated rings. The van der Waals surface area contributed by atoms with Crippen molar-refractivity contribution >= 4 is 27.5 Å². The first-order valence-corrected chi connectivity index (χ1v) is 5.72. The lowest BCUT2D eigenvalue weighted by Crippen LogP contribution is -2.33. The van der Waals surface area contributed by atoms with Crippen LogP contribution < -0.4 is 10.6 Å². The molecule has 5 heteroatoms. The van der Waals surface area contributed by atoms with Gasteiger partial charge in [0.05, 0.1) is 5.51 Å². The summed E-state index contributed by atoms with van der Waals surface area (Å²) >= 11 is 1.56. The standard InChI is InChI=1S/C10H14N4S/c1-7(11)5-14(2)9-4-3-8-10(13-9)15-6-12-8/h3-4,6-7H,5,11H2,1-2H3. The lowest BCUT2D eigenvalue weighted by Gasteiger charge is -2.19. The van der Waals surface area contributed by atoms with Crippen molar-refractivity contribution in [1.82, 2.24) is 9.97 Å². The van der Waals surface area contributed by atoms with Gasteiger partial charge in [-0.2, -0.15) is 0 Å². The molecule has 0 spiro atoms. The second kappa shape index (κ2) is 4.12. The molecule has 2 N–H and O–H groups in total. The summed E-state index contributed by atoms with van der Waals surface area (Å²) in [4.78, 5) is 11.7. The van der Waals surface area contributed by atoms with Gasteiger partial charge < -0.3 is 10.6 Å². The van der Waals surface area contributed by atoms with Gasteiger partial charge in [0, 0.05) is 19.6 Å². The van der Waals surface area contributed by atoms with Gasteiger partial charge in [-0.25, -0.2) is 9.97 Å². The van der Waals surface area contributed by atoms with Gasteiger partial charge in [0.2, 0.25) is 0 Å². The Balaban J connectivity index is 2.27. The molecule has 0 radical (unpaired) electrons. The van der Waals surface area contributed by atoms with E-state index in [1.165, 1.54) is 0 Å². The average molecular weight is 222 g/mol. The van der Waals surface area contributed by atoms with E-state index < -0.39 is 0 Å². The maximum atomic E-state index is 5.74. The molecule has 0 saturated heterocycles. The molecule has 0 amide bonds. The third kappa shape index (κ3) is 2.24. The predicted molar refractivity (Wildman–Crippen MR) is 64.3 cm³/mol. The summed E-state index contributed by atoms with van der Waals surface area (Å²) in [5, 5.41) is 0. The van der Waals surface area contributed by atoms with Gasteiger partial charge in [0.15, 0.2) is 0 Å². The Bertz CT molecular complexity index is 451. The van der Waals surface area contributed by atoms with Crippen molar-refractivity contribution in [3.63, 3.8) is 0 Å². The third-order valence-electron chi connectivity index (χ3n) is 2.13. The molecule has 2 rings (SSSR count). The molecule has 1 unspecified atom stereocenters. The van der Waals surface area contributed by atoms with Crippen LogP contribution in [0.3, 0.4) is 0 Å². The fraction of sp³-hybridized carbons (Fsp3) is 0.400. The molecular weight excluding hydrogens is 208 g/mol. The molecule has 0 aromatic carbocycles. The van der Waals surface area contributed by atoms with E-state index in [2.05, 4.69) is 14.9 Å². The number of anilines is 1. The van der Waals surface area contributed by atoms with E-state index >= 15 is 0 Å².